The summed E-state index contributed by atoms with van der Waals surface area (Å²) >= 11 is 0. The van der Waals surface area contributed by atoms with Crippen molar-refractivity contribution in [3.8, 4) is 5.75 Å². The predicted molar refractivity (Wildman–Crippen MR) is 102 cm³/mol. The number of rotatable bonds is 7. The van der Waals surface area contributed by atoms with E-state index in [2.05, 4.69) is 79.0 Å². The number of hydrogen-bond acceptors (Lipinski definition) is 2. The number of benzene rings is 3. The molecule has 0 aliphatic carbocycles. The van der Waals surface area contributed by atoms with E-state index in [9.17, 15) is 0 Å². The number of ether oxygens (including phenoxy) is 1. The zero-order valence-corrected chi connectivity index (χ0v) is 14.5. The molecule has 0 saturated heterocycles. The lowest BCUT2D eigenvalue weighted by molar-refractivity contribution is 0.406. The number of nitrogens with one attached hydrogen (secondary N) is 1. The molecule has 0 radical (unpaired) electrons. The molecule has 0 fully saturated rings. The largest absolute Gasteiger partial charge is 0.496 e. The van der Waals surface area contributed by atoms with Crippen molar-refractivity contribution in [2.24, 2.45) is 0 Å². The lowest BCUT2D eigenvalue weighted by atomic mass is 10.0. The van der Waals surface area contributed by atoms with Crippen LogP contribution in [0.4, 0.5) is 0 Å². The Morgan fingerprint density at radius 2 is 1.67 bits per heavy atom. The molecule has 3 aromatic carbocycles. The summed E-state index contributed by atoms with van der Waals surface area (Å²) in [4.78, 5) is 0. The first-order valence-corrected chi connectivity index (χ1v) is 8.60. The van der Waals surface area contributed by atoms with Crippen LogP contribution in [0.25, 0.3) is 10.8 Å². The smallest absolute Gasteiger partial charge is 0.123 e. The topological polar surface area (TPSA) is 21.3 Å². The molecule has 0 amide bonds. The molecule has 0 unspecified atom stereocenters. The maximum atomic E-state index is 5.58. The van der Waals surface area contributed by atoms with Crippen LogP contribution in [-0.2, 0) is 13.0 Å². The fourth-order valence-electron chi connectivity index (χ4n) is 3.10. The van der Waals surface area contributed by atoms with Gasteiger partial charge >= 0.3 is 0 Å². The highest BCUT2D eigenvalue weighted by Gasteiger charge is 2.10. The van der Waals surface area contributed by atoms with Gasteiger partial charge in [-0.1, -0.05) is 60.7 Å². The van der Waals surface area contributed by atoms with Crippen LogP contribution in [-0.4, -0.2) is 13.2 Å². The Labute approximate surface area is 144 Å². The van der Waals surface area contributed by atoms with Gasteiger partial charge in [-0.05, 0) is 42.2 Å². The summed E-state index contributed by atoms with van der Waals surface area (Å²) < 4.78 is 5.58. The van der Waals surface area contributed by atoms with Gasteiger partial charge in [-0.3, -0.25) is 0 Å². The summed E-state index contributed by atoms with van der Waals surface area (Å²) in [5.41, 5.74) is 2.64. The van der Waals surface area contributed by atoms with Crippen LogP contribution < -0.4 is 10.1 Å². The van der Waals surface area contributed by atoms with Crippen molar-refractivity contribution in [1.29, 1.82) is 0 Å². The molecule has 0 saturated carbocycles. The van der Waals surface area contributed by atoms with E-state index in [-0.39, 0.29) is 0 Å². The highest BCUT2D eigenvalue weighted by molar-refractivity contribution is 5.87. The molecule has 0 heterocycles. The Morgan fingerprint density at radius 1 is 0.917 bits per heavy atom. The molecule has 124 valence electrons. The summed E-state index contributed by atoms with van der Waals surface area (Å²) in [7, 11) is 1.74. The van der Waals surface area contributed by atoms with Crippen LogP contribution in [0.3, 0.4) is 0 Å². The number of aryl methyl sites for hydroxylation is 1. The van der Waals surface area contributed by atoms with Gasteiger partial charge < -0.3 is 10.1 Å². The molecule has 3 rings (SSSR count). The summed E-state index contributed by atoms with van der Waals surface area (Å²) in [5, 5.41) is 6.18. The third-order valence-electron chi connectivity index (χ3n) is 4.55. The Bertz CT molecular complexity index is 782. The number of methoxy groups -OCH3 is 1. The van der Waals surface area contributed by atoms with E-state index in [0.717, 1.165) is 25.1 Å². The first kappa shape index (κ1) is 16.5. The minimum absolute atomic E-state index is 0.453. The maximum Gasteiger partial charge on any atom is 0.123 e. The van der Waals surface area contributed by atoms with Gasteiger partial charge in [-0.15, -0.1) is 0 Å². The van der Waals surface area contributed by atoms with Crippen molar-refractivity contribution >= 4 is 10.8 Å². The van der Waals surface area contributed by atoms with Crippen LogP contribution in [0, 0.1) is 0 Å². The Balaban J connectivity index is 1.66. The van der Waals surface area contributed by atoms with Gasteiger partial charge in [0, 0.05) is 18.2 Å². The SMILES string of the molecule is COc1ccc2ccccc2c1CN[C@@H](C)CCc1ccccc1. The van der Waals surface area contributed by atoms with E-state index < -0.39 is 0 Å². The zero-order chi connectivity index (χ0) is 16.8. The number of fused-ring (bicyclic) bond motifs is 1. The van der Waals surface area contributed by atoms with E-state index in [1.165, 1.54) is 21.9 Å². The predicted octanol–water partition coefficient (Wildman–Crippen LogP) is 4.96. The Hall–Kier alpha value is -2.32. The van der Waals surface area contributed by atoms with Gasteiger partial charge in [-0.2, -0.15) is 0 Å². The third kappa shape index (κ3) is 3.95. The van der Waals surface area contributed by atoms with Gasteiger partial charge in [0.05, 0.1) is 7.11 Å². The molecule has 1 atom stereocenters. The molecule has 3 aromatic rings. The highest BCUT2D eigenvalue weighted by Crippen LogP contribution is 2.28. The Morgan fingerprint density at radius 3 is 2.46 bits per heavy atom. The average molecular weight is 319 g/mol. The van der Waals surface area contributed by atoms with Crippen LogP contribution in [0.2, 0.25) is 0 Å². The van der Waals surface area contributed by atoms with E-state index in [0.29, 0.717) is 6.04 Å². The van der Waals surface area contributed by atoms with E-state index in [4.69, 9.17) is 4.74 Å². The maximum absolute atomic E-state index is 5.58. The molecule has 0 aromatic heterocycles. The summed E-state index contributed by atoms with van der Waals surface area (Å²) in [6.07, 6.45) is 2.22. The molecule has 0 spiro atoms. The fraction of sp³-hybridized carbons (Fsp3) is 0.273. The second-order valence-corrected chi connectivity index (χ2v) is 6.27. The molecular formula is C22H25NO. The zero-order valence-electron chi connectivity index (χ0n) is 14.5. The summed E-state index contributed by atoms with van der Waals surface area (Å²) in [5.74, 6) is 0.955. The van der Waals surface area contributed by atoms with Crippen molar-refractivity contribution in [1.82, 2.24) is 5.32 Å². The number of hydrogen-bond donors (Lipinski definition) is 1. The highest BCUT2D eigenvalue weighted by atomic mass is 16.5. The third-order valence-corrected chi connectivity index (χ3v) is 4.55. The normalized spacial score (nSPS) is 12.2. The van der Waals surface area contributed by atoms with Crippen LogP contribution in [0.1, 0.15) is 24.5 Å². The molecule has 24 heavy (non-hydrogen) atoms. The van der Waals surface area contributed by atoms with Crippen LogP contribution in [0.15, 0.2) is 66.7 Å². The summed E-state index contributed by atoms with van der Waals surface area (Å²) in [6.45, 7) is 3.07. The molecule has 1 N–H and O–H groups in total. The monoisotopic (exact) mass is 319 g/mol. The Kier molecular flexibility index (Phi) is 5.50. The quantitative estimate of drug-likeness (QED) is 0.664. The van der Waals surface area contributed by atoms with Gasteiger partial charge in [0.25, 0.3) is 0 Å². The molecular weight excluding hydrogens is 294 g/mol. The lowest BCUT2D eigenvalue weighted by Crippen LogP contribution is -2.26. The summed E-state index contributed by atoms with van der Waals surface area (Å²) in [6, 6.07) is 23.8. The standard InChI is InChI=1S/C22H25NO/c1-17(12-13-18-8-4-3-5-9-18)23-16-21-20-11-7-6-10-19(20)14-15-22(21)24-2/h3-11,14-15,17,23H,12-13,16H2,1-2H3/t17-/m0/s1. The minimum Gasteiger partial charge on any atom is -0.496 e. The van der Waals surface area contributed by atoms with E-state index >= 15 is 0 Å². The van der Waals surface area contributed by atoms with Crippen molar-refractivity contribution in [2.75, 3.05) is 7.11 Å². The minimum atomic E-state index is 0.453. The molecule has 0 aliphatic heterocycles. The van der Waals surface area contributed by atoms with E-state index in [1.54, 1.807) is 7.11 Å². The van der Waals surface area contributed by atoms with Crippen molar-refractivity contribution in [3.05, 3.63) is 77.9 Å². The van der Waals surface area contributed by atoms with Crippen molar-refractivity contribution < 1.29 is 4.74 Å². The molecule has 0 aliphatic rings. The van der Waals surface area contributed by atoms with Gasteiger partial charge in [0.2, 0.25) is 0 Å². The van der Waals surface area contributed by atoms with Crippen LogP contribution >= 0.6 is 0 Å². The first-order valence-electron chi connectivity index (χ1n) is 8.60. The van der Waals surface area contributed by atoms with Gasteiger partial charge in [0.15, 0.2) is 0 Å². The first-order chi connectivity index (χ1) is 11.8. The van der Waals surface area contributed by atoms with Crippen molar-refractivity contribution in [2.45, 2.75) is 32.4 Å². The molecule has 2 heteroatoms. The molecule has 2 nitrogen and oxygen atoms in total. The van der Waals surface area contributed by atoms with Gasteiger partial charge in [0.1, 0.15) is 5.75 Å². The average Bonchev–Trinajstić information content (AvgIpc) is 2.65. The van der Waals surface area contributed by atoms with Crippen molar-refractivity contribution in [3.63, 3.8) is 0 Å². The second kappa shape index (κ2) is 7.98. The van der Waals surface area contributed by atoms with Gasteiger partial charge in [-0.25, -0.2) is 0 Å². The fourth-order valence-corrected chi connectivity index (χ4v) is 3.10. The van der Waals surface area contributed by atoms with E-state index in [1.807, 2.05) is 0 Å². The second-order valence-electron chi connectivity index (χ2n) is 6.27. The van der Waals surface area contributed by atoms with Crippen LogP contribution in [0.5, 0.6) is 5.75 Å². The molecule has 0 bridgehead atoms. The lowest BCUT2D eigenvalue weighted by Gasteiger charge is -2.17.